The van der Waals surface area contributed by atoms with Gasteiger partial charge in [0.1, 0.15) is 5.82 Å². The van der Waals surface area contributed by atoms with Gasteiger partial charge in [0.25, 0.3) is 5.56 Å². The van der Waals surface area contributed by atoms with Gasteiger partial charge in [-0.25, -0.2) is 4.79 Å². The van der Waals surface area contributed by atoms with Crippen molar-refractivity contribution in [1.82, 2.24) is 9.55 Å². The number of rotatable bonds is 6. The van der Waals surface area contributed by atoms with Crippen molar-refractivity contribution in [2.75, 3.05) is 10.6 Å². The predicted octanol–water partition coefficient (Wildman–Crippen LogP) is 3.84. The monoisotopic (exact) mass is 468 g/mol. The van der Waals surface area contributed by atoms with Gasteiger partial charge in [-0.3, -0.25) is 19.1 Å². The van der Waals surface area contributed by atoms with Crippen LogP contribution in [0.2, 0.25) is 0 Å². The number of benzene rings is 3. The van der Waals surface area contributed by atoms with Gasteiger partial charge in [-0.05, 0) is 34.7 Å². The maximum atomic E-state index is 13.8. The maximum Gasteiger partial charge on any atom is 0.330 e. The van der Waals surface area contributed by atoms with E-state index in [-0.39, 0.29) is 36.4 Å². The third kappa shape index (κ3) is 4.49. The van der Waals surface area contributed by atoms with E-state index in [1.807, 2.05) is 72.8 Å². The largest absolute Gasteiger partial charge is 0.383 e. The second-order valence-electron chi connectivity index (χ2n) is 9.08. The van der Waals surface area contributed by atoms with Gasteiger partial charge in [-0.1, -0.05) is 85.6 Å². The number of aromatic amines is 1. The number of aromatic nitrogens is 2. The number of nitrogens with zero attached hydrogens (tertiary/aromatic N) is 2. The molecule has 0 radical (unpaired) electrons. The number of nitrogen functional groups attached to an aromatic ring is 1. The molecule has 3 N–H and O–H groups in total. The lowest BCUT2D eigenvalue weighted by Crippen LogP contribution is -2.46. The molecule has 1 saturated carbocycles. The zero-order valence-corrected chi connectivity index (χ0v) is 19.4. The Labute approximate surface area is 202 Å². The number of anilines is 2. The Morgan fingerprint density at radius 3 is 2.40 bits per heavy atom. The summed E-state index contributed by atoms with van der Waals surface area (Å²) in [5, 5.41) is 2.06. The summed E-state index contributed by atoms with van der Waals surface area (Å²) in [6.45, 7) is 0.200. The Balaban J connectivity index is 1.58. The Morgan fingerprint density at radius 1 is 0.943 bits per heavy atom. The van der Waals surface area contributed by atoms with Crippen LogP contribution in [-0.2, 0) is 17.8 Å². The zero-order valence-electron chi connectivity index (χ0n) is 19.4. The molecule has 4 aromatic rings. The Morgan fingerprint density at radius 2 is 1.63 bits per heavy atom. The molecular formula is C28H28N4O3. The van der Waals surface area contributed by atoms with Gasteiger partial charge in [-0.15, -0.1) is 0 Å². The first-order chi connectivity index (χ1) is 17.0. The molecule has 0 aliphatic heterocycles. The van der Waals surface area contributed by atoms with Crippen LogP contribution in [0.25, 0.3) is 10.8 Å². The van der Waals surface area contributed by atoms with Crippen LogP contribution in [0.4, 0.5) is 11.5 Å². The van der Waals surface area contributed by atoms with E-state index in [2.05, 4.69) is 4.98 Å². The van der Waals surface area contributed by atoms with E-state index in [4.69, 9.17) is 5.73 Å². The van der Waals surface area contributed by atoms with Crippen molar-refractivity contribution in [3.8, 4) is 0 Å². The summed E-state index contributed by atoms with van der Waals surface area (Å²) in [5.41, 5.74) is 7.08. The van der Waals surface area contributed by atoms with Gasteiger partial charge in [0.15, 0.2) is 5.69 Å². The quantitative estimate of drug-likeness (QED) is 0.449. The zero-order chi connectivity index (χ0) is 24.4. The summed E-state index contributed by atoms with van der Waals surface area (Å²) in [4.78, 5) is 43.6. The number of nitrogens with two attached hydrogens (primary N) is 1. The van der Waals surface area contributed by atoms with Gasteiger partial charge in [-0.2, -0.15) is 0 Å². The smallest absolute Gasteiger partial charge is 0.330 e. The average molecular weight is 469 g/mol. The number of fused-ring (bicyclic) bond motifs is 1. The lowest BCUT2D eigenvalue weighted by Gasteiger charge is -2.30. The highest BCUT2D eigenvalue weighted by Gasteiger charge is 2.32. The fourth-order valence-electron chi connectivity index (χ4n) is 5.10. The van der Waals surface area contributed by atoms with Crippen molar-refractivity contribution < 1.29 is 4.79 Å². The van der Waals surface area contributed by atoms with Crippen molar-refractivity contribution in [3.05, 3.63) is 105 Å². The minimum absolute atomic E-state index is 0.0146. The molecule has 0 unspecified atom stereocenters. The topological polar surface area (TPSA) is 101 Å². The third-order valence-corrected chi connectivity index (χ3v) is 6.82. The van der Waals surface area contributed by atoms with Crippen molar-refractivity contribution in [2.45, 2.75) is 44.7 Å². The highest BCUT2D eigenvalue weighted by Crippen LogP contribution is 2.30. The summed E-state index contributed by atoms with van der Waals surface area (Å²) in [6, 6.07) is 23.1. The summed E-state index contributed by atoms with van der Waals surface area (Å²) in [5.74, 6) is -0.184. The molecule has 178 valence electrons. The van der Waals surface area contributed by atoms with E-state index in [0.717, 1.165) is 47.6 Å². The van der Waals surface area contributed by atoms with Gasteiger partial charge in [0.2, 0.25) is 5.91 Å². The predicted molar refractivity (Wildman–Crippen MR) is 139 cm³/mol. The number of nitrogens with one attached hydrogen (secondary N) is 1. The van der Waals surface area contributed by atoms with E-state index in [1.165, 1.54) is 4.57 Å². The molecule has 1 heterocycles. The highest BCUT2D eigenvalue weighted by molar-refractivity contribution is 5.99. The second-order valence-corrected chi connectivity index (χ2v) is 9.08. The summed E-state index contributed by atoms with van der Waals surface area (Å²) < 4.78 is 1.33. The lowest BCUT2D eigenvalue weighted by molar-refractivity contribution is -0.118. The first-order valence-corrected chi connectivity index (χ1v) is 12.0. The number of hydrogen-bond donors (Lipinski definition) is 2. The number of hydrogen-bond acceptors (Lipinski definition) is 4. The van der Waals surface area contributed by atoms with E-state index < -0.39 is 11.2 Å². The molecule has 0 bridgehead atoms. The molecule has 0 atom stereocenters. The van der Waals surface area contributed by atoms with Crippen LogP contribution < -0.4 is 21.9 Å². The molecular weight excluding hydrogens is 440 g/mol. The van der Waals surface area contributed by atoms with Crippen molar-refractivity contribution in [3.63, 3.8) is 0 Å². The van der Waals surface area contributed by atoms with E-state index in [0.29, 0.717) is 0 Å². The second kappa shape index (κ2) is 9.62. The van der Waals surface area contributed by atoms with Crippen LogP contribution in [-0.4, -0.2) is 21.5 Å². The number of carbonyl (C=O) groups excluding carboxylic acids is 1. The molecule has 1 aromatic heterocycles. The van der Waals surface area contributed by atoms with Gasteiger partial charge < -0.3 is 10.6 Å². The molecule has 1 amide bonds. The molecule has 0 saturated heterocycles. The fourth-order valence-corrected chi connectivity index (χ4v) is 5.10. The SMILES string of the molecule is Nc1c(N(C(=O)Cc2cccc3ccccc23)C2CCCC2)c(=O)[nH]c(=O)n1Cc1ccccc1. The average Bonchev–Trinajstić information content (AvgIpc) is 3.39. The molecule has 1 aliphatic carbocycles. The summed E-state index contributed by atoms with van der Waals surface area (Å²) in [7, 11) is 0. The summed E-state index contributed by atoms with van der Waals surface area (Å²) in [6.07, 6.45) is 3.67. The van der Waals surface area contributed by atoms with Crippen LogP contribution in [0.1, 0.15) is 36.8 Å². The van der Waals surface area contributed by atoms with Crippen LogP contribution in [0.15, 0.2) is 82.4 Å². The number of amides is 1. The van der Waals surface area contributed by atoms with E-state index >= 15 is 0 Å². The van der Waals surface area contributed by atoms with Crippen molar-refractivity contribution >= 4 is 28.2 Å². The molecule has 0 spiro atoms. The normalized spacial score (nSPS) is 13.8. The van der Waals surface area contributed by atoms with Gasteiger partial charge in [0.05, 0.1) is 13.0 Å². The minimum atomic E-state index is -0.630. The lowest BCUT2D eigenvalue weighted by atomic mass is 10.0. The Bertz CT molecular complexity index is 1480. The number of H-pyrrole nitrogens is 1. The maximum absolute atomic E-state index is 13.8. The van der Waals surface area contributed by atoms with E-state index in [9.17, 15) is 14.4 Å². The highest BCUT2D eigenvalue weighted by atomic mass is 16.2. The fraction of sp³-hybridized carbons (Fsp3) is 0.250. The molecule has 5 rings (SSSR count). The van der Waals surface area contributed by atoms with Crippen molar-refractivity contribution in [2.24, 2.45) is 0 Å². The van der Waals surface area contributed by atoms with Gasteiger partial charge in [0, 0.05) is 6.04 Å². The van der Waals surface area contributed by atoms with Gasteiger partial charge >= 0.3 is 5.69 Å². The van der Waals surface area contributed by atoms with Crippen LogP contribution in [0, 0.1) is 0 Å². The first kappa shape index (κ1) is 22.7. The minimum Gasteiger partial charge on any atom is -0.383 e. The third-order valence-electron chi connectivity index (χ3n) is 6.82. The van der Waals surface area contributed by atoms with Crippen LogP contribution in [0.5, 0.6) is 0 Å². The van der Waals surface area contributed by atoms with Crippen LogP contribution >= 0.6 is 0 Å². The first-order valence-electron chi connectivity index (χ1n) is 12.0. The molecule has 35 heavy (non-hydrogen) atoms. The molecule has 7 nitrogen and oxygen atoms in total. The Kier molecular flexibility index (Phi) is 6.23. The van der Waals surface area contributed by atoms with E-state index in [1.54, 1.807) is 4.90 Å². The summed E-state index contributed by atoms with van der Waals surface area (Å²) >= 11 is 0. The van der Waals surface area contributed by atoms with Crippen molar-refractivity contribution in [1.29, 1.82) is 0 Å². The standard InChI is InChI=1S/C28H28N4O3/c29-26-25(27(34)30-28(35)31(26)18-19-9-2-1-3-10-19)32(22-14-5-6-15-22)24(33)17-21-13-8-12-20-11-4-7-16-23(20)21/h1-4,7-13,16,22H,5-6,14-15,17-18,29H2,(H,30,34,35). The molecule has 7 heteroatoms. The number of carbonyl (C=O) groups is 1. The molecule has 1 fully saturated rings. The van der Waals surface area contributed by atoms with Crippen LogP contribution in [0.3, 0.4) is 0 Å². The molecule has 1 aliphatic rings. The Hall–Kier alpha value is -4.13. The molecule has 3 aromatic carbocycles.